The third-order valence-corrected chi connectivity index (χ3v) is 6.07. The van der Waals surface area contributed by atoms with E-state index in [0.717, 1.165) is 31.3 Å². The molecule has 0 radical (unpaired) electrons. The lowest BCUT2D eigenvalue weighted by molar-refractivity contribution is -0.390. The molecule has 0 spiro atoms. The highest BCUT2D eigenvalue weighted by Crippen LogP contribution is 2.33. The monoisotopic (exact) mass is 500 g/mol. The van der Waals surface area contributed by atoms with Gasteiger partial charge in [-0.25, -0.2) is 4.98 Å². The van der Waals surface area contributed by atoms with E-state index in [9.17, 15) is 18.0 Å². The smallest absolute Gasteiger partial charge is 0.329 e. The molecule has 1 atom stereocenters. The number of imidazole rings is 1. The number of fused-ring (bicyclic) bond motifs is 1. The van der Waals surface area contributed by atoms with E-state index in [1.807, 2.05) is 28.3 Å². The second-order valence-corrected chi connectivity index (χ2v) is 8.35. The van der Waals surface area contributed by atoms with E-state index in [1.54, 1.807) is 30.5 Å². The molecule has 5 rings (SSSR count). The fourth-order valence-corrected chi connectivity index (χ4v) is 3.88. The summed E-state index contributed by atoms with van der Waals surface area (Å²) < 4.78 is 55.2. The molecule has 2 aromatic carbocycles. The highest BCUT2D eigenvalue weighted by atomic mass is 19.4. The predicted octanol–water partition coefficient (Wildman–Crippen LogP) is 3.31. The highest BCUT2D eigenvalue weighted by molar-refractivity contribution is 5.94. The van der Waals surface area contributed by atoms with Crippen molar-refractivity contribution in [3.05, 3.63) is 72.8 Å². The number of methoxy groups -OCH3 is 1. The van der Waals surface area contributed by atoms with Crippen molar-refractivity contribution in [3.8, 4) is 11.1 Å². The average molecular weight is 500 g/mol. The van der Waals surface area contributed by atoms with Crippen LogP contribution in [-0.2, 0) is 16.2 Å². The van der Waals surface area contributed by atoms with Gasteiger partial charge in [0, 0.05) is 37.5 Å². The number of carbonyl (C=O) groups is 1. The Hall–Kier alpha value is -3.74. The van der Waals surface area contributed by atoms with Crippen molar-refractivity contribution in [3.63, 3.8) is 0 Å². The van der Waals surface area contributed by atoms with Crippen molar-refractivity contribution in [2.24, 2.45) is 0 Å². The molecule has 2 N–H and O–H groups in total. The zero-order valence-electron chi connectivity index (χ0n) is 19.2. The molecule has 0 aliphatic carbocycles. The Morgan fingerprint density at radius 1 is 1.17 bits per heavy atom. The maximum absolute atomic E-state index is 14.0. The molecule has 36 heavy (non-hydrogen) atoms. The van der Waals surface area contributed by atoms with Crippen LogP contribution in [0, 0.1) is 0 Å². The number of hydrogen-bond donors (Lipinski definition) is 2. The van der Waals surface area contributed by atoms with Crippen LogP contribution in [0.25, 0.3) is 22.2 Å². The van der Waals surface area contributed by atoms with E-state index >= 15 is 0 Å². The van der Waals surface area contributed by atoms with E-state index in [4.69, 9.17) is 9.47 Å². The van der Waals surface area contributed by atoms with Crippen LogP contribution < -0.4 is 10.6 Å². The second-order valence-electron chi connectivity index (χ2n) is 8.35. The highest BCUT2D eigenvalue weighted by Gasteiger charge is 2.59. The van der Waals surface area contributed by atoms with Gasteiger partial charge in [0.2, 0.25) is 0 Å². The average Bonchev–Trinajstić information content (AvgIpc) is 3.47. The minimum Gasteiger partial charge on any atom is -0.329 e. The van der Waals surface area contributed by atoms with Gasteiger partial charge in [0.05, 0.1) is 29.6 Å². The largest absolute Gasteiger partial charge is 0.465 e. The van der Waals surface area contributed by atoms with Crippen LogP contribution >= 0.6 is 0 Å². The van der Waals surface area contributed by atoms with Crippen LogP contribution in [0.1, 0.15) is 16.4 Å². The fourth-order valence-electron chi connectivity index (χ4n) is 3.88. The fraction of sp³-hybridized carbons (Fsp3) is 0.292. The first-order valence-corrected chi connectivity index (χ1v) is 11.1. The SMILES string of the molecule is COC(NC(=O)c1ccccc1)(OCn1cnc2cc(-c3cnn(C4CNC4)c3)ccc21)C(F)(F)F. The van der Waals surface area contributed by atoms with Crippen molar-refractivity contribution < 1.29 is 27.4 Å². The molecule has 1 saturated heterocycles. The van der Waals surface area contributed by atoms with Crippen LogP contribution in [0.5, 0.6) is 0 Å². The van der Waals surface area contributed by atoms with Crippen LogP contribution in [0.15, 0.2) is 67.3 Å². The minimum atomic E-state index is -5.06. The molecular weight excluding hydrogens is 477 g/mol. The zero-order chi connectivity index (χ0) is 25.3. The molecular formula is C24H23F3N6O3. The van der Waals surface area contributed by atoms with E-state index in [-0.39, 0.29) is 5.56 Å². The van der Waals surface area contributed by atoms with E-state index in [1.165, 1.54) is 23.0 Å². The molecule has 188 valence electrons. The van der Waals surface area contributed by atoms with E-state index in [0.29, 0.717) is 17.1 Å². The Labute approximate surface area is 203 Å². The van der Waals surface area contributed by atoms with Crippen molar-refractivity contribution >= 4 is 16.9 Å². The van der Waals surface area contributed by atoms with E-state index in [2.05, 4.69) is 15.4 Å². The summed E-state index contributed by atoms with van der Waals surface area (Å²) in [5.41, 5.74) is 2.94. The van der Waals surface area contributed by atoms with Crippen LogP contribution in [0.3, 0.4) is 0 Å². The predicted molar refractivity (Wildman–Crippen MR) is 124 cm³/mol. The van der Waals surface area contributed by atoms with Gasteiger partial charge in [0.25, 0.3) is 5.91 Å². The number of carbonyl (C=O) groups excluding carboxylic acids is 1. The Kier molecular flexibility index (Phi) is 6.24. The van der Waals surface area contributed by atoms with Gasteiger partial charge in [-0.1, -0.05) is 24.3 Å². The number of alkyl halides is 3. The third kappa shape index (κ3) is 4.45. The molecule has 0 bridgehead atoms. The standard InChI is InChI=1S/C24H23F3N6O3/c1-35-24(23(25,26)27,31-22(34)16-5-3-2-4-6-16)36-15-32-14-29-20-9-17(7-8-21(20)32)18-10-30-33(13-18)19-11-28-12-19/h2-10,13-14,19,28H,11-12,15H2,1H3,(H,31,34). The molecule has 1 amide bonds. The topological polar surface area (TPSA) is 95.2 Å². The summed E-state index contributed by atoms with van der Waals surface area (Å²) >= 11 is 0. The van der Waals surface area contributed by atoms with Crippen LogP contribution in [0.2, 0.25) is 0 Å². The van der Waals surface area contributed by atoms with Crippen molar-refractivity contribution in [1.29, 1.82) is 0 Å². The Morgan fingerprint density at radius 3 is 2.61 bits per heavy atom. The molecule has 0 saturated carbocycles. The van der Waals surface area contributed by atoms with Gasteiger partial charge in [-0.05, 0) is 29.8 Å². The van der Waals surface area contributed by atoms with Crippen molar-refractivity contribution in [2.45, 2.75) is 24.9 Å². The first kappa shape index (κ1) is 24.0. The zero-order valence-corrected chi connectivity index (χ0v) is 19.2. The number of benzene rings is 2. The molecule has 9 nitrogen and oxygen atoms in total. The summed E-state index contributed by atoms with van der Waals surface area (Å²) in [6.07, 6.45) is 0.0311. The van der Waals surface area contributed by atoms with Gasteiger partial charge in [0.1, 0.15) is 6.73 Å². The molecule has 2 aromatic heterocycles. The quantitative estimate of drug-likeness (QED) is 0.361. The summed E-state index contributed by atoms with van der Waals surface area (Å²) in [7, 11) is 0.816. The lowest BCUT2D eigenvalue weighted by Gasteiger charge is -2.34. The Balaban J connectivity index is 1.35. The van der Waals surface area contributed by atoms with Gasteiger partial charge in [0.15, 0.2) is 0 Å². The first-order chi connectivity index (χ1) is 17.3. The maximum atomic E-state index is 14.0. The van der Waals surface area contributed by atoms with Crippen molar-refractivity contribution in [2.75, 3.05) is 20.2 Å². The normalized spacial score (nSPS) is 16.0. The lowest BCUT2D eigenvalue weighted by atomic mass is 10.1. The van der Waals surface area contributed by atoms with Gasteiger partial charge >= 0.3 is 12.1 Å². The van der Waals surface area contributed by atoms with Crippen molar-refractivity contribution in [1.82, 2.24) is 30.0 Å². The number of rotatable bonds is 8. The molecule has 4 aromatic rings. The first-order valence-electron chi connectivity index (χ1n) is 11.1. The lowest BCUT2D eigenvalue weighted by Crippen LogP contribution is -2.62. The molecule has 1 unspecified atom stereocenters. The molecule has 1 fully saturated rings. The van der Waals surface area contributed by atoms with Crippen LogP contribution in [0.4, 0.5) is 13.2 Å². The summed E-state index contributed by atoms with van der Waals surface area (Å²) in [5.74, 6) is -4.35. The molecule has 3 heterocycles. The van der Waals surface area contributed by atoms with Gasteiger partial charge < -0.3 is 19.4 Å². The van der Waals surface area contributed by atoms with Gasteiger partial charge in [-0.3, -0.25) is 14.8 Å². The molecule has 1 aliphatic rings. The summed E-state index contributed by atoms with van der Waals surface area (Å²) in [6, 6.07) is 13.2. The minimum absolute atomic E-state index is 0.0317. The second kappa shape index (κ2) is 9.37. The third-order valence-electron chi connectivity index (χ3n) is 6.07. The van der Waals surface area contributed by atoms with Crippen LogP contribution in [-0.4, -0.2) is 57.5 Å². The number of halogens is 3. The van der Waals surface area contributed by atoms with Gasteiger partial charge in [-0.2, -0.15) is 18.3 Å². The molecule has 1 aliphatic heterocycles. The number of amides is 1. The maximum Gasteiger partial charge on any atom is 0.465 e. The number of nitrogens with one attached hydrogen (secondary N) is 2. The Morgan fingerprint density at radius 2 is 1.94 bits per heavy atom. The number of hydrogen-bond acceptors (Lipinski definition) is 6. The summed E-state index contributed by atoms with van der Waals surface area (Å²) in [4.78, 5) is 16.8. The number of aromatic nitrogens is 4. The van der Waals surface area contributed by atoms with E-state index < -0.39 is 24.7 Å². The molecule has 12 heteroatoms. The summed E-state index contributed by atoms with van der Waals surface area (Å²) in [6.45, 7) is 1.17. The number of ether oxygens (including phenoxy) is 2. The number of nitrogens with zero attached hydrogens (tertiary/aromatic N) is 4. The van der Waals surface area contributed by atoms with Gasteiger partial charge in [-0.15, -0.1) is 0 Å². The Bertz CT molecular complexity index is 1370. The summed E-state index contributed by atoms with van der Waals surface area (Å²) in [5, 5.41) is 9.46.